The number of carbonyl (C=O) groups excluding carboxylic acids is 1. The molecule has 2 aromatic heterocycles. The molecule has 1 aliphatic heterocycles. The maximum absolute atomic E-state index is 13.8. The Morgan fingerprint density at radius 3 is 2.63 bits per heavy atom. The fourth-order valence-corrected chi connectivity index (χ4v) is 6.33. The van der Waals surface area contributed by atoms with Gasteiger partial charge in [-0.1, -0.05) is 54.1 Å². The van der Waals surface area contributed by atoms with E-state index in [9.17, 15) is 19.5 Å². The molecule has 0 saturated carbocycles. The van der Waals surface area contributed by atoms with Crippen LogP contribution in [-0.4, -0.2) is 61.2 Å². The van der Waals surface area contributed by atoms with Crippen molar-refractivity contribution >= 4 is 34.7 Å². The number of benzene rings is 1. The van der Waals surface area contributed by atoms with E-state index in [4.69, 9.17) is 32.9 Å². The minimum absolute atomic E-state index is 0.236. The number of pyridine rings is 1. The van der Waals surface area contributed by atoms with Gasteiger partial charge in [0.15, 0.2) is 0 Å². The lowest BCUT2D eigenvalue weighted by molar-refractivity contribution is 0.0677. The van der Waals surface area contributed by atoms with E-state index >= 15 is 0 Å². The molecule has 2 unspecified atom stereocenters. The number of likely N-dealkylation sites (tertiary alicyclic amines) is 1. The van der Waals surface area contributed by atoms with Crippen LogP contribution in [0.15, 0.2) is 70.4 Å². The third-order valence-corrected chi connectivity index (χ3v) is 8.89. The van der Waals surface area contributed by atoms with Crippen LogP contribution in [0.4, 0.5) is 0 Å². The number of nitrogens with zero attached hydrogens (tertiary/aromatic N) is 4. The summed E-state index contributed by atoms with van der Waals surface area (Å²) in [5, 5.41) is 12.9. The van der Waals surface area contributed by atoms with Crippen LogP contribution in [0, 0.1) is 0 Å². The molecule has 43 heavy (non-hydrogen) atoms. The number of allylic oxidation sites excluding steroid dienone is 2. The largest absolute Gasteiger partial charge is 0.481 e. The van der Waals surface area contributed by atoms with Gasteiger partial charge >= 0.3 is 5.69 Å². The number of halogens is 2. The molecule has 0 radical (unpaired) electrons. The summed E-state index contributed by atoms with van der Waals surface area (Å²) in [5.74, 6) is -0.405. The lowest BCUT2D eigenvalue weighted by atomic mass is 9.80. The van der Waals surface area contributed by atoms with Crippen LogP contribution >= 0.6 is 23.2 Å². The SMILES string of the molecule is COc1nc(C2(NC(=O)c3cn(C)c(=O)n(C)c3=O)C=CC=C(c3ccccc3Cl)[C@H]2Cl)ccc1CN1CCC(C)(O)C1. The zero-order valence-electron chi connectivity index (χ0n) is 24.3. The van der Waals surface area contributed by atoms with E-state index < -0.39 is 33.7 Å². The molecule has 2 N–H and O–H groups in total. The Morgan fingerprint density at radius 1 is 1.21 bits per heavy atom. The Labute approximate surface area is 258 Å². The van der Waals surface area contributed by atoms with Crippen LogP contribution in [0.3, 0.4) is 0 Å². The maximum atomic E-state index is 13.8. The van der Waals surface area contributed by atoms with E-state index in [1.54, 1.807) is 24.3 Å². The highest BCUT2D eigenvalue weighted by Gasteiger charge is 2.45. The second-order valence-corrected chi connectivity index (χ2v) is 12.1. The second-order valence-electron chi connectivity index (χ2n) is 11.3. The van der Waals surface area contributed by atoms with Crippen molar-refractivity contribution in [3.8, 4) is 5.88 Å². The van der Waals surface area contributed by atoms with Gasteiger partial charge in [-0.25, -0.2) is 9.78 Å². The van der Waals surface area contributed by atoms with Gasteiger partial charge in [0.25, 0.3) is 11.5 Å². The Balaban J connectivity index is 1.60. The van der Waals surface area contributed by atoms with Gasteiger partial charge in [0.05, 0.1) is 23.8 Å². The summed E-state index contributed by atoms with van der Waals surface area (Å²) in [7, 11) is 4.28. The highest BCUT2D eigenvalue weighted by Crippen LogP contribution is 2.43. The van der Waals surface area contributed by atoms with Crippen LogP contribution < -0.4 is 21.3 Å². The third-order valence-electron chi connectivity index (χ3n) is 7.99. The standard InChI is InChI=1S/C31H33Cl2N5O5/c1-30(42)14-15-38(18-30)16-19-11-12-24(34-27(19)43-4)31(35-26(39)22-17-36(2)29(41)37(3)28(22)40)13-7-9-21(25(31)33)20-8-5-6-10-23(20)32/h5-13,17,25,42H,14-16,18H2,1-4H3,(H,35,39)/t25-,30?,31?/m1/s1. The molecular weight excluding hydrogens is 593 g/mol. The van der Waals surface area contributed by atoms with Gasteiger partial charge in [-0.3, -0.25) is 19.1 Å². The molecule has 1 aromatic carbocycles. The van der Waals surface area contributed by atoms with E-state index in [1.165, 1.54) is 32.0 Å². The number of β-amino-alcohol motifs (C(OH)–C–C–N with tert-alkyl or cyclic N) is 1. The lowest BCUT2D eigenvalue weighted by Gasteiger charge is -2.39. The predicted molar refractivity (Wildman–Crippen MR) is 166 cm³/mol. The summed E-state index contributed by atoms with van der Waals surface area (Å²) in [6.45, 7) is 3.57. The van der Waals surface area contributed by atoms with Gasteiger partial charge in [0.1, 0.15) is 11.1 Å². The Kier molecular flexibility index (Phi) is 8.41. The fraction of sp³-hybridized carbons (Fsp3) is 0.355. The molecule has 5 rings (SSSR count). The number of aliphatic hydroxyl groups is 1. The molecular formula is C31H33Cl2N5O5. The van der Waals surface area contributed by atoms with Crippen LogP contribution in [-0.2, 0) is 26.2 Å². The molecule has 10 nitrogen and oxygen atoms in total. The first-order chi connectivity index (χ1) is 20.4. The zero-order valence-corrected chi connectivity index (χ0v) is 25.8. The average Bonchev–Trinajstić information content (AvgIpc) is 3.33. The van der Waals surface area contributed by atoms with E-state index in [1.807, 2.05) is 37.3 Å². The highest BCUT2D eigenvalue weighted by atomic mass is 35.5. The number of ether oxygens (including phenoxy) is 1. The number of rotatable bonds is 7. The molecule has 3 aromatic rings. The number of aromatic nitrogens is 3. The summed E-state index contributed by atoms with van der Waals surface area (Å²) in [5.41, 5.74) is -1.28. The van der Waals surface area contributed by atoms with Crippen molar-refractivity contribution < 1.29 is 14.6 Å². The first-order valence-corrected chi connectivity index (χ1v) is 14.5. The molecule has 1 saturated heterocycles. The molecule has 3 heterocycles. The van der Waals surface area contributed by atoms with Crippen molar-refractivity contribution in [1.82, 2.24) is 24.3 Å². The minimum Gasteiger partial charge on any atom is -0.481 e. The first-order valence-electron chi connectivity index (χ1n) is 13.7. The zero-order chi connectivity index (χ0) is 31.1. The Bertz CT molecular complexity index is 1760. The number of alkyl halides is 1. The van der Waals surface area contributed by atoms with E-state index in [2.05, 4.69) is 10.2 Å². The van der Waals surface area contributed by atoms with E-state index in [-0.39, 0.29) is 5.56 Å². The highest BCUT2D eigenvalue weighted by molar-refractivity contribution is 6.34. The Morgan fingerprint density at radius 2 is 1.95 bits per heavy atom. The van der Waals surface area contributed by atoms with Crippen LogP contribution in [0.25, 0.3) is 5.57 Å². The van der Waals surface area contributed by atoms with Gasteiger partial charge < -0.3 is 19.7 Å². The van der Waals surface area contributed by atoms with Crippen molar-refractivity contribution in [1.29, 1.82) is 0 Å². The number of hydrogen-bond acceptors (Lipinski definition) is 7. The lowest BCUT2D eigenvalue weighted by Crippen LogP contribution is -2.54. The topological polar surface area (TPSA) is 119 Å². The van der Waals surface area contributed by atoms with Crippen molar-refractivity contribution in [3.63, 3.8) is 0 Å². The normalized spacial score (nSPS) is 23.7. The molecule has 1 amide bonds. The summed E-state index contributed by atoms with van der Waals surface area (Å²) in [6.07, 6.45) is 7.16. The number of amides is 1. The van der Waals surface area contributed by atoms with Gasteiger partial charge in [-0.2, -0.15) is 0 Å². The molecule has 1 fully saturated rings. The average molecular weight is 627 g/mol. The molecule has 12 heteroatoms. The number of carbonyl (C=O) groups is 1. The van der Waals surface area contributed by atoms with Crippen molar-refractivity contribution in [3.05, 3.63) is 109 Å². The Hall–Kier alpha value is -3.70. The van der Waals surface area contributed by atoms with Gasteiger partial charge in [0.2, 0.25) is 5.88 Å². The molecule has 0 bridgehead atoms. The van der Waals surface area contributed by atoms with Crippen molar-refractivity contribution in [2.75, 3.05) is 20.2 Å². The first kappa shape index (κ1) is 30.7. The summed E-state index contributed by atoms with van der Waals surface area (Å²) in [6, 6.07) is 10.9. The van der Waals surface area contributed by atoms with Crippen LogP contribution in [0.1, 0.15) is 40.5 Å². The number of hydrogen-bond donors (Lipinski definition) is 2. The maximum Gasteiger partial charge on any atom is 0.330 e. The molecule has 3 atom stereocenters. The molecule has 2 aliphatic rings. The number of aryl methyl sites for hydroxylation is 1. The summed E-state index contributed by atoms with van der Waals surface area (Å²) < 4.78 is 7.73. The summed E-state index contributed by atoms with van der Waals surface area (Å²) >= 11 is 13.8. The summed E-state index contributed by atoms with van der Waals surface area (Å²) in [4.78, 5) is 46.0. The number of nitrogens with one attached hydrogen (secondary N) is 1. The monoisotopic (exact) mass is 625 g/mol. The van der Waals surface area contributed by atoms with Crippen molar-refractivity contribution in [2.24, 2.45) is 14.1 Å². The van der Waals surface area contributed by atoms with Gasteiger partial charge in [0, 0.05) is 50.5 Å². The number of methoxy groups -OCH3 is 1. The fourth-order valence-electron chi connectivity index (χ4n) is 5.65. The van der Waals surface area contributed by atoms with Gasteiger partial charge in [-0.15, -0.1) is 11.6 Å². The molecule has 0 spiro atoms. The second kappa shape index (κ2) is 11.8. The third kappa shape index (κ3) is 5.80. The smallest absolute Gasteiger partial charge is 0.330 e. The van der Waals surface area contributed by atoms with E-state index in [0.29, 0.717) is 47.2 Å². The van der Waals surface area contributed by atoms with Crippen molar-refractivity contribution in [2.45, 2.75) is 36.4 Å². The molecule has 1 aliphatic carbocycles. The predicted octanol–water partition coefficient (Wildman–Crippen LogP) is 2.98. The quantitative estimate of drug-likeness (QED) is 0.388. The minimum atomic E-state index is -1.45. The van der Waals surface area contributed by atoms with Gasteiger partial charge in [-0.05, 0) is 36.6 Å². The van der Waals surface area contributed by atoms with Crippen LogP contribution in [0.5, 0.6) is 5.88 Å². The van der Waals surface area contributed by atoms with Crippen LogP contribution in [0.2, 0.25) is 5.02 Å². The molecule has 226 valence electrons. The van der Waals surface area contributed by atoms with E-state index in [0.717, 1.165) is 16.7 Å².